The molecule has 0 saturated carbocycles. The molecule has 0 aliphatic carbocycles. The van der Waals surface area contributed by atoms with Crippen LogP contribution in [0.2, 0.25) is 0 Å². The molecule has 5 nitrogen and oxygen atoms in total. The lowest BCUT2D eigenvalue weighted by Gasteiger charge is -2.14. The average Bonchev–Trinajstić information content (AvgIpc) is 3.02. The number of rotatable bonds is 7. The lowest BCUT2D eigenvalue weighted by molar-refractivity contribution is 0.0738. The Labute approximate surface area is 130 Å². The van der Waals surface area contributed by atoms with Crippen molar-refractivity contribution in [2.24, 2.45) is 0 Å². The molecule has 1 N–H and O–H groups in total. The number of carbonyl (C=O) groups is 1. The van der Waals surface area contributed by atoms with Crippen LogP contribution in [0.3, 0.4) is 0 Å². The fourth-order valence-corrected chi connectivity index (χ4v) is 2.02. The molecule has 5 heteroatoms. The summed E-state index contributed by atoms with van der Waals surface area (Å²) in [5.74, 6) is 1.27. The first kappa shape index (κ1) is 16.1. The van der Waals surface area contributed by atoms with E-state index in [9.17, 15) is 4.79 Å². The van der Waals surface area contributed by atoms with Gasteiger partial charge in [0.05, 0.1) is 18.9 Å². The van der Waals surface area contributed by atoms with Gasteiger partial charge in [-0.25, -0.2) is 0 Å². The van der Waals surface area contributed by atoms with Crippen LogP contribution in [0, 0.1) is 0 Å². The Morgan fingerprint density at radius 1 is 1.23 bits per heavy atom. The topological polar surface area (TPSA) is 60.7 Å². The van der Waals surface area contributed by atoms with Crippen molar-refractivity contribution in [3.05, 3.63) is 54.0 Å². The Morgan fingerprint density at radius 2 is 1.95 bits per heavy atom. The van der Waals surface area contributed by atoms with Crippen LogP contribution < -0.4 is 10.1 Å². The largest absolute Gasteiger partial charge is 0.491 e. The summed E-state index contributed by atoms with van der Waals surface area (Å²) in [6.45, 7) is 4.26. The van der Waals surface area contributed by atoms with Gasteiger partial charge in [-0.1, -0.05) is 0 Å². The van der Waals surface area contributed by atoms with E-state index in [1.807, 2.05) is 19.9 Å². The summed E-state index contributed by atoms with van der Waals surface area (Å²) >= 11 is 0. The second kappa shape index (κ2) is 7.66. The monoisotopic (exact) mass is 303 g/mol. The maximum Gasteiger partial charge on any atom is 0.251 e. The van der Waals surface area contributed by atoms with Crippen LogP contribution in [0.5, 0.6) is 5.75 Å². The van der Waals surface area contributed by atoms with Gasteiger partial charge in [-0.15, -0.1) is 0 Å². The highest BCUT2D eigenvalue weighted by Crippen LogP contribution is 2.17. The first-order chi connectivity index (χ1) is 10.6. The number of benzene rings is 1. The van der Waals surface area contributed by atoms with Gasteiger partial charge >= 0.3 is 0 Å². The maximum atomic E-state index is 12.1. The number of carbonyl (C=O) groups excluding carboxylic acids is 1. The van der Waals surface area contributed by atoms with E-state index in [-0.39, 0.29) is 18.1 Å². The molecule has 1 aromatic heterocycles. The molecule has 2 rings (SSSR count). The molecule has 1 amide bonds. The van der Waals surface area contributed by atoms with Crippen molar-refractivity contribution in [1.82, 2.24) is 5.32 Å². The number of hydrogen-bond donors (Lipinski definition) is 1. The molecule has 0 fully saturated rings. The van der Waals surface area contributed by atoms with E-state index < -0.39 is 0 Å². The molecule has 1 heterocycles. The molecule has 2 aromatic rings. The van der Waals surface area contributed by atoms with Crippen molar-refractivity contribution in [1.29, 1.82) is 0 Å². The first-order valence-corrected chi connectivity index (χ1v) is 7.21. The van der Waals surface area contributed by atoms with Crippen LogP contribution in [-0.4, -0.2) is 25.7 Å². The molecule has 0 aliphatic rings. The van der Waals surface area contributed by atoms with Crippen LogP contribution in [0.1, 0.15) is 36.1 Å². The molecular formula is C17H21NO4. The number of nitrogens with one attached hydrogen (secondary N) is 1. The van der Waals surface area contributed by atoms with Gasteiger partial charge in [0.25, 0.3) is 5.91 Å². The number of methoxy groups -OCH3 is 1. The molecular weight excluding hydrogens is 282 g/mol. The van der Waals surface area contributed by atoms with E-state index in [4.69, 9.17) is 13.9 Å². The number of amides is 1. The summed E-state index contributed by atoms with van der Waals surface area (Å²) in [5, 5.41) is 2.83. The summed E-state index contributed by atoms with van der Waals surface area (Å²) in [6.07, 6.45) is 1.38. The molecule has 118 valence electrons. The smallest absolute Gasteiger partial charge is 0.251 e. The van der Waals surface area contributed by atoms with Crippen molar-refractivity contribution >= 4 is 5.91 Å². The van der Waals surface area contributed by atoms with Crippen molar-refractivity contribution < 1.29 is 18.7 Å². The predicted molar refractivity (Wildman–Crippen MR) is 83.0 cm³/mol. The molecule has 1 unspecified atom stereocenters. The minimum Gasteiger partial charge on any atom is -0.491 e. The van der Waals surface area contributed by atoms with Gasteiger partial charge < -0.3 is 19.2 Å². The average molecular weight is 303 g/mol. The molecule has 0 bridgehead atoms. The normalized spacial score (nSPS) is 12.2. The Bertz CT molecular complexity index is 575. The Hall–Kier alpha value is -2.27. The van der Waals surface area contributed by atoms with E-state index in [0.29, 0.717) is 17.9 Å². The molecule has 1 atom stereocenters. The Balaban J connectivity index is 1.91. The minimum atomic E-state index is -0.303. The third kappa shape index (κ3) is 4.36. The third-order valence-corrected chi connectivity index (χ3v) is 3.08. The molecule has 1 aromatic carbocycles. The van der Waals surface area contributed by atoms with Gasteiger partial charge in [0.1, 0.15) is 17.6 Å². The molecule has 22 heavy (non-hydrogen) atoms. The van der Waals surface area contributed by atoms with E-state index in [1.54, 1.807) is 43.7 Å². The summed E-state index contributed by atoms with van der Waals surface area (Å²) in [5.41, 5.74) is 0.574. The Kier molecular flexibility index (Phi) is 5.61. The van der Waals surface area contributed by atoms with E-state index in [2.05, 4.69) is 5.32 Å². The van der Waals surface area contributed by atoms with Gasteiger partial charge in [-0.05, 0) is 50.2 Å². The zero-order valence-electron chi connectivity index (χ0n) is 13.0. The fraction of sp³-hybridized carbons (Fsp3) is 0.353. The zero-order chi connectivity index (χ0) is 15.9. The number of hydrogen-bond acceptors (Lipinski definition) is 4. The zero-order valence-corrected chi connectivity index (χ0v) is 13.0. The second-order valence-electron chi connectivity index (χ2n) is 5.14. The molecule has 0 radical (unpaired) electrons. The third-order valence-electron chi connectivity index (χ3n) is 3.08. The first-order valence-electron chi connectivity index (χ1n) is 7.21. The van der Waals surface area contributed by atoms with Crippen molar-refractivity contribution in [2.75, 3.05) is 13.7 Å². The van der Waals surface area contributed by atoms with Crippen molar-refractivity contribution in [3.8, 4) is 5.75 Å². The SMILES string of the molecule is COC(CNC(=O)c1ccc(OC(C)C)cc1)c1ccco1. The van der Waals surface area contributed by atoms with Gasteiger partial charge in [0.2, 0.25) is 0 Å². The van der Waals surface area contributed by atoms with E-state index in [1.165, 1.54) is 0 Å². The van der Waals surface area contributed by atoms with Crippen LogP contribution in [0.15, 0.2) is 47.1 Å². The van der Waals surface area contributed by atoms with Crippen LogP contribution in [-0.2, 0) is 4.74 Å². The van der Waals surface area contributed by atoms with E-state index >= 15 is 0 Å². The summed E-state index contributed by atoms with van der Waals surface area (Å²) in [4.78, 5) is 12.1. The second-order valence-corrected chi connectivity index (χ2v) is 5.14. The summed E-state index contributed by atoms with van der Waals surface area (Å²) in [6, 6.07) is 10.7. The Morgan fingerprint density at radius 3 is 2.50 bits per heavy atom. The molecule has 0 aliphatic heterocycles. The van der Waals surface area contributed by atoms with Gasteiger partial charge in [0, 0.05) is 12.7 Å². The number of furan rings is 1. The quantitative estimate of drug-likeness (QED) is 0.853. The standard InChI is InChI=1S/C17H21NO4/c1-12(2)22-14-8-6-13(7-9-14)17(19)18-11-16(20-3)15-5-4-10-21-15/h4-10,12,16H,11H2,1-3H3,(H,18,19). The van der Waals surface area contributed by atoms with Gasteiger partial charge in [-0.3, -0.25) is 4.79 Å². The van der Waals surface area contributed by atoms with Crippen LogP contribution in [0.4, 0.5) is 0 Å². The molecule has 0 spiro atoms. The fourth-order valence-electron chi connectivity index (χ4n) is 2.02. The van der Waals surface area contributed by atoms with Crippen molar-refractivity contribution in [2.45, 2.75) is 26.1 Å². The van der Waals surface area contributed by atoms with Crippen LogP contribution in [0.25, 0.3) is 0 Å². The summed E-state index contributed by atoms with van der Waals surface area (Å²) < 4.78 is 16.1. The van der Waals surface area contributed by atoms with Gasteiger partial charge in [-0.2, -0.15) is 0 Å². The lowest BCUT2D eigenvalue weighted by atomic mass is 10.2. The lowest BCUT2D eigenvalue weighted by Crippen LogP contribution is -2.29. The summed E-state index contributed by atoms with van der Waals surface area (Å²) in [7, 11) is 1.58. The van der Waals surface area contributed by atoms with Crippen LogP contribution >= 0.6 is 0 Å². The van der Waals surface area contributed by atoms with Gasteiger partial charge in [0.15, 0.2) is 0 Å². The minimum absolute atomic E-state index is 0.107. The van der Waals surface area contributed by atoms with Crippen molar-refractivity contribution in [3.63, 3.8) is 0 Å². The maximum absolute atomic E-state index is 12.1. The highest BCUT2D eigenvalue weighted by molar-refractivity contribution is 5.94. The van der Waals surface area contributed by atoms with E-state index in [0.717, 1.165) is 5.75 Å². The number of ether oxygens (including phenoxy) is 2. The molecule has 0 saturated heterocycles. The highest BCUT2D eigenvalue weighted by Gasteiger charge is 2.15. The highest BCUT2D eigenvalue weighted by atomic mass is 16.5. The predicted octanol–water partition coefficient (Wildman–Crippen LogP) is 3.18.